The van der Waals surface area contributed by atoms with Crippen LogP contribution in [-0.2, 0) is 4.79 Å². The molecule has 5 nitrogen and oxygen atoms in total. The van der Waals surface area contributed by atoms with Crippen LogP contribution in [0.3, 0.4) is 0 Å². The van der Waals surface area contributed by atoms with Crippen LogP contribution in [0, 0.1) is 12.3 Å². The van der Waals surface area contributed by atoms with Crippen LogP contribution >= 0.6 is 15.9 Å². The quantitative estimate of drug-likeness (QED) is 0.703. The van der Waals surface area contributed by atoms with Gasteiger partial charge in [0.2, 0.25) is 5.91 Å². The Morgan fingerprint density at radius 2 is 2.12 bits per heavy atom. The Labute approximate surface area is 150 Å². The first-order valence-electron chi connectivity index (χ1n) is 8.26. The molecule has 0 radical (unpaired) electrons. The van der Waals surface area contributed by atoms with Crippen LogP contribution < -0.4 is 10.6 Å². The molecule has 0 bridgehead atoms. The zero-order chi connectivity index (χ0) is 17.0. The van der Waals surface area contributed by atoms with Gasteiger partial charge in [0.15, 0.2) is 5.66 Å². The first-order valence-corrected chi connectivity index (χ1v) is 9.05. The van der Waals surface area contributed by atoms with Gasteiger partial charge in [-0.1, -0.05) is 28.1 Å². The van der Waals surface area contributed by atoms with Crippen molar-refractivity contribution in [2.45, 2.75) is 49.9 Å². The molecule has 6 heteroatoms. The highest BCUT2D eigenvalue weighted by Crippen LogP contribution is 2.37. The van der Waals surface area contributed by atoms with Gasteiger partial charge < -0.3 is 10.6 Å². The maximum atomic E-state index is 12.2. The second kappa shape index (κ2) is 7.45. The van der Waals surface area contributed by atoms with E-state index in [-0.39, 0.29) is 17.6 Å². The highest BCUT2D eigenvalue weighted by Gasteiger charge is 2.39. The average Bonchev–Trinajstić information content (AvgIpc) is 3.21. The van der Waals surface area contributed by atoms with E-state index in [1.54, 1.807) is 0 Å². The Hall–Kier alpha value is -1.71. The molecule has 2 unspecified atom stereocenters. The van der Waals surface area contributed by atoms with Crippen molar-refractivity contribution >= 4 is 21.8 Å². The molecule has 126 valence electrons. The standard InChI is InChI=1S/C18H21BrN4O/c1-2-3-9-18(22-23-18)10-8-17(24)21-15-11-16(20-12-15)13-4-6-14(19)7-5-13/h1,4-7,15-16,20H,3,8-12H2,(H,21,24). The van der Waals surface area contributed by atoms with Crippen molar-refractivity contribution in [2.75, 3.05) is 6.54 Å². The Bertz CT molecular complexity index is 659. The summed E-state index contributed by atoms with van der Waals surface area (Å²) in [6.45, 7) is 0.795. The first kappa shape index (κ1) is 17.1. The molecular weight excluding hydrogens is 368 g/mol. The van der Waals surface area contributed by atoms with Gasteiger partial charge in [0, 0.05) is 48.8 Å². The third-order valence-corrected chi connectivity index (χ3v) is 5.10. The van der Waals surface area contributed by atoms with E-state index in [0.29, 0.717) is 25.3 Å². The van der Waals surface area contributed by atoms with Gasteiger partial charge >= 0.3 is 0 Å². The molecule has 2 heterocycles. The Morgan fingerprint density at radius 1 is 1.38 bits per heavy atom. The fourth-order valence-electron chi connectivity index (χ4n) is 3.08. The third kappa shape index (κ3) is 4.43. The third-order valence-electron chi connectivity index (χ3n) is 4.57. The zero-order valence-electron chi connectivity index (χ0n) is 13.5. The molecule has 0 aromatic heterocycles. The summed E-state index contributed by atoms with van der Waals surface area (Å²) in [5, 5.41) is 14.7. The van der Waals surface area contributed by atoms with Crippen molar-refractivity contribution in [1.29, 1.82) is 0 Å². The minimum Gasteiger partial charge on any atom is -0.352 e. The van der Waals surface area contributed by atoms with E-state index in [1.807, 2.05) is 12.1 Å². The number of carbonyl (C=O) groups is 1. The second-order valence-corrected chi connectivity index (χ2v) is 7.31. The lowest BCUT2D eigenvalue weighted by atomic mass is 10.0. The lowest BCUT2D eigenvalue weighted by Crippen LogP contribution is -2.36. The van der Waals surface area contributed by atoms with Gasteiger partial charge in [-0.2, -0.15) is 10.2 Å². The van der Waals surface area contributed by atoms with Crippen molar-refractivity contribution in [3.8, 4) is 12.3 Å². The number of hydrogen-bond acceptors (Lipinski definition) is 4. The lowest BCUT2D eigenvalue weighted by Gasteiger charge is -2.14. The van der Waals surface area contributed by atoms with Crippen LogP contribution in [0.5, 0.6) is 0 Å². The molecule has 2 N–H and O–H groups in total. The molecular formula is C18H21BrN4O. The number of carbonyl (C=O) groups excluding carboxylic acids is 1. The molecule has 0 spiro atoms. The maximum Gasteiger partial charge on any atom is 0.220 e. The van der Waals surface area contributed by atoms with Gasteiger partial charge in [-0.15, -0.1) is 12.3 Å². The summed E-state index contributed by atoms with van der Waals surface area (Å²) in [7, 11) is 0. The number of halogens is 1. The monoisotopic (exact) mass is 388 g/mol. The Kier molecular flexibility index (Phi) is 5.32. The average molecular weight is 389 g/mol. The molecule has 2 aliphatic heterocycles. The molecule has 1 amide bonds. The molecule has 24 heavy (non-hydrogen) atoms. The minimum absolute atomic E-state index is 0.0654. The number of rotatable bonds is 7. The van der Waals surface area contributed by atoms with Gasteiger partial charge in [-0.25, -0.2) is 0 Å². The Balaban J connectivity index is 1.41. The summed E-state index contributed by atoms with van der Waals surface area (Å²) in [5.74, 6) is 2.67. The first-order chi connectivity index (χ1) is 11.6. The number of nitrogens with one attached hydrogen (secondary N) is 2. The SMILES string of the molecule is C#CCCC1(CCC(=O)NC2CNC(c3ccc(Br)cc3)C2)N=N1. The van der Waals surface area contributed by atoms with Crippen LogP contribution in [0.4, 0.5) is 0 Å². The summed E-state index contributed by atoms with van der Waals surface area (Å²) in [6, 6.07) is 8.76. The van der Waals surface area contributed by atoms with Gasteiger partial charge in [0.05, 0.1) is 0 Å². The Morgan fingerprint density at radius 3 is 2.79 bits per heavy atom. The number of amides is 1. The molecule has 0 aliphatic carbocycles. The van der Waals surface area contributed by atoms with Gasteiger partial charge in [-0.05, 0) is 24.1 Å². The highest BCUT2D eigenvalue weighted by atomic mass is 79.9. The van der Waals surface area contributed by atoms with E-state index in [0.717, 1.165) is 23.9 Å². The van der Waals surface area contributed by atoms with Crippen molar-refractivity contribution in [3.05, 3.63) is 34.3 Å². The van der Waals surface area contributed by atoms with Crippen LogP contribution in [-0.4, -0.2) is 24.2 Å². The molecule has 2 atom stereocenters. The van der Waals surface area contributed by atoms with Gasteiger partial charge in [0.25, 0.3) is 0 Å². The van der Waals surface area contributed by atoms with E-state index in [9.17, 15) is 4.79 Å². The van der Waals surface area contributed by atoms with E-state index in [2.05, 4.69) is 54.8 Å². The summed E-state index contributed by atoms with van der Waals surface area (Å²) in [5.41, 5.74) is 0.871. The van der Waals surface area contributed by atoms with Crippen molar-refractivity contribution in [2.24, 2.45) is 10.2 Å². The predicted molar refractivity (Wildman–Crippen MR) is 96.3 cm³/mol. The summed E-state index contributed by atoms with van der Waals surface area (Å²) < 4.78 is 1.07. The van der Waals surface area contributed by atoms with Crippen LogP contribution in [0.1, 0.15) is 43.7 Å². The fraction of sp³-hybridized carbons (Fsp3) is 0.500. The van der Waals surface area contributed by atoms with E-state index in [4.69, 9.17) is 6.42 Å². The minimum atomic E-state index is -0.377. The molecule has 2 aliphatic rings. The van der Waals surface area contributed by atoms with Gasteiger partial charge in [0.1, 0.15) is 0 Å². The number of terminal acetylenes is 1. The maximum absolute atomic E-state index is 12.2. The van der Waals surface area contributed by atoms with E-state index in [1.165, 1.54) is 5.56 Å². The van der Waals surface area contributed by atoms with Crippen LogP contribution in [0.2, 0.25) is 0 Å². The smallest absolute Gasteiger partial charge is 0.220 e. The van der Waals surface area contributed by atoms with Crippen LogP contribution in [0.25, 0.3) is 0 Å². The molecule has 3 rings (SSSR count). The normalized spacial score (nSPS) is 23.7. The molecule has 1 aromatic carbocycles. The molecule has 1 saturated heterocycles. The topological polar surface area (TPSA) is 65.8 Å². The highest BCUT2D eigenvalue weighted by molar-refractivity contribution is 9.10. The predicted octanol–water partition coefficient (Wildman–Crippen LogP) is 3.32. The van der Waals surface area contributed by atoms with Crippen molar-refractivity contribution in [1.82, 2.24) is 10.6 Å². The largest absolute Gasteiger partial charge is 0.352 e. The molecule has 1 fully saturated rings. The lowest BCUT2D eigenvalue weighted by molar-refractivity contribution is -0.121. The number of nitrogens with zero attached hydrogens (tertiary/aromatic N) is 2. The number of benzene rings is 1. The van der Waals surface area contributed by atoms with E-state index >= 15 is 0 Å². The number of hydrogen-bond donors (Lipinski definition) is 2. The molecule has 0 saturated carbocycles. The van der Waals surface area contributed by atoms with Crippen LogP contribution in [0.15, 0.2) is 39.0 Å². The summed E-state index contributed by atoms with van der Waals surface area (Å²) >= 11 is 3.45. The second-order valence-electron chi connectivity index (χ2n) is 6.40. The van der Waals surface area contributed by atoms with Gasteiger partial charge in [-0.3, -0.25) is 4.79 Å². The fourth-order valence-corrected chi connectivity index (χ4v) is 3.34. The van der Waals surface area contributed by atoms with Crippen molar-refractivity contribution in [3.63, 3.8) is 0 Å². The summed E-state index contributed by atoms with van der Waals surface area (Å²) in [4.78, 5) is 12.2. The zero-order valence-corrected chi connectivity index (χ0v) is 15.1. The van der Waals surface area contributed by atoms with Crippen molar-refractivity contribution < 1.29 is 4.79 Å². The summed E-state index contributed by atoms with van der Waals surface area (Å²) in [6.07, 6.45) is 8.67. The van der Waals surface area contributed by atoms with E-state index < -0.39 is 0 Å². The molecule has 1 aromatic rings.